The quantitative estimate of drug-likeness (QED) is 0.0202. The van der Waals surface area contributed by atoms with E-state index in [0.29, 0.717) is 48.2 Å². The van der Waals surface area contributed by atoms with Crippen LogP contribution in [0.5, 0.6) is 0 Å². The zero-order valence-electron chi connectivity index (χ0n) is 43.5. The summed E-state index contributed by atoms with van der Waals surface area (Å²) >= 11 is 0. The summed E-state index contributed by atoms with van der Waals surface area (Å²) in [5.74, 6) is -9.56. The predicted molar refractivity (Wildman–Crippen MR) is 294 cm³/mol. The highest BCUT2D eigenvalue weighted by atomic mass is 19.2. The highest BCUT2D eigenvalue weighted by molar-refractivity contribution is 6.34. The number of aliphatic hydroxyl groups is 1. The fourth-order valence-electron chi connectivity index (χ4n) is 8.30. The number of rotatable bonds is 16. The Morgan fingerprint density at radius 1 is 0.634 bits per heavy atom. The Morgan fingerprint density at radius 3 is 1.57 bits per heavy atom. The number of pyridine rings is 2. The maximum atomic E-state index is 13.5. The van der Waals surface area contributed by atoms with Crippen LogP contribution < -0.4 is 21.8 Å². The molecule has 420 valence electrons. The van der Waals surface area contributed by atoms with Crippen molar-refractivity contribution in [1.29, 1.82) is 0 Å². The van der Waals surface area contributed by atoms with Crippen molar-refractivity contribution in [1.82, 2.24) is 29.1 Å². The number of H-pyrrole nitrogens is 2. The number of imidazole rings is 2. The van der Waals surface area contributed by atoms with E-state index < -0.39 is 46.0 Å². The Kier molecular flexibility index (Phi) is 20.5. The molecule has 0 unspecified atom stereocenters. The van der Waals surface area contributed by atoms with Gasteiger partial charge in [-0.1, -0.05) is 48.6 Å². The van der Waals surface area contributed by atoms with E-state index in [1.807, 2.05) is 54.6 Å². The van der Waals surface area contributed by atoms with Gasteiger partial charge in [0.05, 0.1) is 72.6 Å². The third-order valence-corrected chi connectivity index (χ3v) is 12.2. The van der Waals surface area contributed by atoms with Gasteiger partial charge in [-0.25, -0.2) is 36.3 Å². The van der Waals surface area contributed by atoms with Crippen molar-refractivity contribution in [3.05, 3.63) is 246 Å². The average Bonchev–Trinajstić information content (AvgIpc) is 4.49. The lowest BCUT2D eigenvalue weighted by molar-refractivity contribution is -0.115. The van der Waals surface area contributed by atoms with E-state index in [1.54, 1.807) is 25.3 Å². The monoisotopic (exact) mass is 1120 g/mol. The lowest BCUT2D eigenvalue weighted by Crippen LogP contribution is -2.26. The van der Waals surface area contributed by atoms with Crippen molar-refractivity contribution in [2.24, 2.45) is 0 Å². The van der Waals surface area contributed by atoms with Gasteiger partial charge in [-0.15, -0.1) is 0 Å². The summed E-state index contributed by atoms with van der Waals surface area (Å²) in [5, 5.41) is 13.2. The zero-order chi connectivity index (χ0) is 58.9. The molecule has 0 fully saturated rings. The number of aromatic nitrogens is 6. The number of hydrogen-bond acceptors (Lipinski definition) is 10. The Morgan fingerprint density at radius 2 is 1.11 bits per heavy atom. The molecule has 10 rings (SSSR count). The summed E-state index contributed by atoms with van der Waals surface area (Å²) < 4.78 is 82.6. The second-order valence-corrected chi connectivity index (χ2v) is 18.1. The maximum absolute atomic E-state index is 13.5. The number of anilines is 2. The third-order valence-electron chi connectivity index (χ3n) is 12.2. The first-order valence-corrected chi connectivity index (χ1v) is 25.1. The van der Waals surface area contributed by atoms with Crippen LogP contribution in [0.25, 0.3) is 23.8 Å². The number of allylic oxidation sites excluding steroid dienone is 2. The van der Waals surface area contributed by atoms with Crippen molar-refractivity contribution in [3.63, 3.8) is 0 Å². The first kappa shape index (κ1) is 59.6. The molecule has 22 heteroatoms. The van der Waals surface area contributed by atoms with Crippen molar-refractivity contribution in [2.45, 2.75) is 52.1 Å². The first-order valence-electron chi connectivity index (χ1n) is 25.1. The highest BCUT2D eigenvalue weighted by Gasteiger charge is 2.25. The topological polar surface area (TPSA) is 231 Å². The van der Waals surface area contributed by atoms with Gasteiger partial charge in [0.25, 0.3) is 17.0 Å². The molecule has 5 N–H and O–H groups in total. The molecule has 0 aliphatic carbocycles. The normalized spacial score (nSPS) is 12.6. The minimum atomic E-state index is -1.58. The first-order chi connectivity index (χ1) is 39.5. The van der Waals surface area contributed by atoms with E-state index >= 15 is 0 Å². The van der Waals surface area contributed by atoms with Crippen molar-refractivity contribution >= 4 is 64.8 Å². The van der Waals surface area contributed by atoms with Crippen LogP contribution in [-0.4, -0.2) is 70.5 Å². The van der Waals surface area contributed by atoms with E-state index in [-0.39, 0.29) is 78.2 Å². The van der Waals surface area contributed by atoms with Crippen LogP contribution in [0.15, 0.2) is 144 Å². The Balaban J connectivity index is 0.000000204. The van der Waals surface area contributed by atoms with Gasteiger partial charge in [0.1, 0.15) is 0 Å². The molecule has 16 nitrogen and oxygen atoms in total. The van der Waals surface area contributed by atoms with Crippen LogP contribution >= 0.6 is 0 Å². The zero-order valence-corrected chi connectivity index (χ0v) is 43.5. The highest BCUT2D eigenvalue weighted by Crippen LogP contribution is 2.34. The molecular weight excluding hydrogens is 1070 g/mol. The number of nitrogens with zero attached hydrogens (tertiary/aromatic N) is 4. The van der Waals surface area contributed by atoms with E-state index in [0.717, 1.165) is 61.3 Å². The number of benzene rings is 4. The molecule has 82 heavy (non-hydrogen) atoms. The SMILES string of the molecule is CCO.O=C1Cc2ccc(/C=C/CCC(=O)c3cccn(Cc4cc(F)c(F)c(F)c4)c3=O)cc2N1.O=C1Nc2cc(/C=C/CCC(=O)c3cccn(Cc4cc(F)c(F)c(F)c4)c3=O)ccc2/C1=C/c1cnc[nH]1.O=Cc1cnc[nH]1. The Hall–Kier alpha value is -10.1. The van der Waals surface area contributed by atoms with Crippen molar-refractivity contribution in [2.75, 3.05) is 17.2 Å². The molecular formula is C60H50F6N8O8. The molecule has 0 saturated heterocycles. The second-order valence-electron chi connectivity index (χ2n) is 18.1. The molecule has 8 aromatic rings. The van der Waals surface area contributed by atoms with E-state index in [1.165, 1.54) is 55.5 Å². The minimum absolute atomic E-state index is 0.0331. The number of nitrogens with one attached hydrogen (secondary N) is 4. The van der Waals surface area contributed by atoms with Gasteiger partial charge in [0.2, 0.25) is 5.91 Å². The molecule has 4 aromatic heterocycles. The molecule has 6 heterocycles. The standard InChI is InChI=1S/C29H21F3N4O3.C25H19F3N2O3.C4H4N2O.C2H6O/c30-23-10-18(11-24(31)27(23)32)15-36-9-3-5-21(29(36)39)26(37)6-2-1-4-17-7-8-20-22(13-19-14-33-16-34-19)28(38)35-25(20)12-17;26-19-10-16(11-20(27)24(19)28)14-30-9-3-5-18(25(30)33)22(31)6-2-1-4-15-7-8-17-13-23(32)29-21(17)12-15;7-2-4-1-5-3-6-4;1-2-3/h1,3-5,7-14,16H,2,6,15H2,(H,33,34)(H,35,38);1,3-5,7-12H,2,6,13-14H2,(H,29,32);1-3H,(H,5,6);3H,2H2,1H3/b4-1+,22-13-;4-1+;;. The number of hydrogen-bond donors (Lipinski definition) is 5. The number of amides is 2. The number of halogens is 6. The molecule has 2 aliphatic rings. The van der Waals surface area contributed by atoms with Crippen molar-refractivity contribution < 1.29 is 55.4 Å². The molecule has 4 aromatic carbocycles. The number of aromatic amines is 2. The lowest BCUT2D eigenvalue weighted by Gasteiger charge is -2.08. The summed E-state index contributed by atoms with van der Waals surface area (Å²) in [4.78, 5) is 97.4. The molecule has 0 bridgehead atoms. The van der Waals surface area contributed by atoms with Gasteiger partial charge >= 0.3 is 0 Å². The van der Waals surface area contributed by atoms with Gasteiger partial charge in [-0.2, -0.15) is 0 Å². The minimum Gasteiger partial charge on any atom is -0.397 e. The molecule has 2 amide bonds. The summed E-state index contributed by atoms with van der Waals surface area (Å²) in [7, 11) is 0. The maximum Gasteiger partial charge on any atom is 0.261 e. The smallest absolute Gasteiger partial charge is 0.261 e. The largest absolute Gasteiger partial charge is 0.397 e. The van der Waals surface area contributed by atoms with Crippen LogP contribution in [0.2, 0.25) is 0 Å². The van der Waals surface area contributed by atoms with Gasteiger partial charge in [-0.3, -0.25) is 33.6 Å². The summed E-state index contributed by atoms with van der Waals surface area (Å²) in [5.41, 5.74) is 5.46. The fourth-order valence-corrected chi connectivity index (χ4v) is 8.30. The number of aldehydes is 1. The van der Waals surface area contributed by atoms with Crippen LogP contribution in [0.1, 0.15) is 103 Å². The molecule has 0 spiro atoms. The molecule has 2 aliphatic heterocycles. The van der Waals surface area contributed by atoms with E-state index in [2.05, 4.69) is 30.6 Å². The van der Waals surface area contributed by atoms with Crippen LogP contribution in [0.3, 0.4) is 0 Å². The van der Waals surface area contributed by atoms with Crippen LogP contribution in [-0.2, 0) is 29.1 Å². The summed E-state index contributed by atoms with van der Waals surface area (Å²) in [6, 6.07) is 20.2. The number of Topliss-reactive ketones (excluding diaryl/α,β-unsaturated/α-hetero) is 2. The molecule has 0 radical (unpaired) electrons. The second kappa shape index (κ2) is 28.2. The lowest BCUT2D eigenvalue weighted by atomic mass is 10.0. The van der Waals surface area contributed by atoms with Crippen LogP contribution in [0.4, 0.5) is 37.7 Å². The number of fused-ring (bicyclic) bond motifs is 2. The number of ketones is 2. The van der Waals surface area contributed by atoms with Gasteiger partial charge in [-0.05, 0) is 114 Å². The van der Waals surface area contributed by atoms with Crippen molar-refractivity contribution in [3.8, 4) is 0 Å². The predicted octanol–water partition coefficient (Wildman–Crippen LogP) is 9.91. The number of carbonyl (C=O) groups is 5. The molecule has 0 saturated carbocycles. The third kappa shape index (κ3) is 15.6. The Bertz CT molecular complexity index is 3830. The van der Waals surface area contributed by atoms with Gasteiger partial charge < -0.3 is 34.8 Å². The fraction of sp³-hybridized carbons (Fsp3) is 0.150. The summed E-state index contributed by atoms with van der Waals surface area (Å²) in [6.07, 6.45) is 19.8. The molecule has 0 atom stereocenters. The van der Waals surface area contributed by atoms with Gasteiger partial charge in [0, 0.05) is 48.8 Å². The summed E-state index contributed by atoms with van der Waals surface area (Å²) in [6.45, 7) is 1.50. The number of carbonyl (C=O) groups excluding carboxylic acids is 5. The number of aliphatic hydroxyl groups excluding tert-OH is 1. The average molecular weight is 1130 g/mol. The van der Waals surface area contributed by atoms with Crippen LogP contribution in [0, 0.1) is 34.9 Å². The van der Waals surface area contributed by atoms with E-state index in [4.69, 9.17) is 5.11 Å². The Labute approximate surface area is 463 Å². The van der Waals surface area contributed by atoms with Gasteiger partial charge in [0.15, 0.2) is 52.8 Å². The van der Waals surface area contributed by atoms with E-state index in [9.17, 15) is 59.9 Å².